The van der Waals surface area contributed by atoms with E-state index in [9.17, 15) is 0 Å². The molecule has 2 saturated carbocycles. The highest BCUT2D eigenvalue weighted by molar-refractivity contribution is 5.45. The van der Waals surface area contributed by atoms with Gasteiger partial charge in [-0.2, -0.15) is 0 Å². The lowest BCUT2D eigenvalue weighted by atomic mass is 9.88. The Hall–Kier alpha value is -1.16. The summed E-state index contributed by atoms with van der Waals surface area (Å²) in [7, 11) is 0. The van der Waals surface area contributed by atoms with Gasteiger partial charge in [-0.15, -0.1) is 0 Å². The number of nitrogens with one attached hydrogen (secondary N) is 1. The molecule has 4 heteroatoms. The van der Waals surface area contributed by atoms with Crippen LogP contribution in [-0.2, 0) is 6.42 Å². The molecule has 3 rings (SSSR count). The largest absolute Gasteiger partial charge is 0.308 e. The molecule has 0 aromatic carbocycles. The van der Waals surface area contributed by atoms with E-state index < -0.39 is 0 Å². The first-order chi connectivity index (χ1) is 8.72. The zero-order valence-electron chi connectivity index (χ0n) is 11.2. The van der Waals surface area contributed by atoms with E-state index in [-0.39, 0.29) is 0 Å². The maximum absolute atomic E-state index is 5.60. The van der Waals surface area contributed by atoms with Crippen LogP contribution in [-0.4, -0.2) is 9.97 Å². The Morgan fingerprint density at radius 1 is 1.28 bits per heavy atom. The van der Waals surface area contributed by atoms with Crippen LogP contribution in [0, 0.1) is 18.8 Å². The SMILES string of the molecule is CCc1c(C)nc(C2CC3CCC2C3)nc1NN. The highest BCUT2D eigenvalue weighted by Crippen LogP contribution is 2.52. The number of hydrazine groups is 1. The Bertz CT molecular complexity index is 457. The molecule has 2 fully saturated rings. The van der Waals surface area contributed by atoms with Crippen LogP contribution in [0.2, 0.25) is 0 Å². The van der Waals surface area contributed by atoms with Gasteiger partial charge in [-0.25, -0.2) is 15.8 Å². The van der Waals surface area contributed by atoms with Gasteiger partial charge in [0, 0.05) is 17.2 Å². The molecular formula is C14H22N4. The van der Waals surface area contributed by atoms with Crippen molar-refractivity contribution >= 4 is 5.82 Å². The molecule has 0 spiro atoms. The Morgan fingerprint density at radius 2 is 2.11 bits per heavy atom. The third kappa shape index (κ3) is 1.79. The minimum absolute atomic E-state index is 0.570. The van der Waals surface area contributed by atoms with Crippen molar-refractivity contribution in [3.05, 3.63) is 17.1 Å². The summed E-state index contributed by atoms with van der Waals surface area (Å²) in [5.74, 6) is 9.74. The van der Waals surface area contributed by atoms with Crippen LogP contribution in [0.1, 0.15) is 55.6 Å². The van der Waals surface area contributed by atoms with Crippen LogP contribution in [0.4, 0.5) is 5.82 Å². The van der Waals surface area contributed by atoms with Gasteiger partial charge in [0.05, 0.1) is 0 Å². The smallest absolute Gasteiger partial charge is 0.147 e. The normalized spacial score (nSPS) is 29.8. The number of nitrogen functional groups attached to an aromatic ring is 1. The predicted molar refractivity (Wildman–Crippen MR) is 72.1 cm³/mol. The minimum Gasteiger partial charge on any atom is -0.308 e. The third-order valence-electron chi connectivity index (χ3n) is 4.79. The molecule has 1 aromatic heterocycles. The van der Waals surface area contributed by atoms with E-state index in [1.54, 1.807) is 0 Å². The van der Waals surface area contributed by atoms with E-state index in [4.69, 9.17) is 10.8 Å². The van der Waals surface area contributed by atoms with Crippen molar-refractivity contribution in [2.24, 2.45) is 17.7 Å². The van der Waals surface area contributed by atoms with Gasteiger partial charge in [-0.05, 0) is 44.4 Å². The molecule has 1 heterocycles. The lowest BCUT2D eigenvalue weighted by Crippen LogP contribution is -2.18. The Labute approximate surface area is 108 Å². The Kier molecular flexibility index (Phi) is 2.98. The number of aromatic nitrogens is 2. The molecule has 98 valence electrons. The molecule has 1 aromatic rings. The quantitative estimate of drug-likeness (QED) is 0.635. The highest BCUT2D eigenvalue weighted by Gasteiger charge is 2.41. The molecule has 2 aliphatic rings. The number of aryl methyl sites for hydroxylation is 1. The molecule has 0 amide bonds. The molecule has 0 aliphatic heterocycles. The lowest BCUT2D eigenvalue weighted by Gasteiger charge is -2.22. The molecule has 4 nitrogen and oxygen atoms in total. The van der Waals surface area contributed by atoms with Gasteiger partial charge in [-0.3, -0.25) is 0 Å². The van der Waals surface area contributed by atoms with E-state index in [0.29, 0.717) is 5.92 Å². The summed E-state index contributed by atoms with van der Waals surface area (Å²) in [6, 6.07) is 0. The molecule has 0 saturated heterocycles. The number of anilines is 1. The Morgan fingerprint density at radius 3 is 2.67 bits per heavy atom. The van der Waals surface area contributed by atoms with Gasteiger partial charge in [0.25, 0.3) is 0 Å². The van der Waals surface area contributed by atoms with Crippen LogP contribution in [0.15, 0.2) is 0 Å². The van der Waals surface area contributed by atoms with Gasteiger partial charge in [0.1, 0.15) is 11.6 Å². The minimum atomic E-state index is 0.570. The average molecular weight is 246 g/mol. The first kappa shape index (κ1) is 11.9. The van der Waals surface area contributed by atoms with Gasteiger partial charge in [-0.1, -0.05) is 13.3 Å². The summed E-state index contributed by atoms with van der Waals surface area (Å²) in [4.78, 5) is 9.42. The molecule has 2 bridgehead atoms. The van der Waals surface area contributed by atoms with E-state index in [1.165, 1.54) is 25.7 Å². The summed E-state index contributed by atoms with van der Waals surface area (Å²) >= 11 is 0. The van der Waals surface area contributed by atoms with Gasteiger partial charge < -0.3 is 5.43 Å². The van der Waals surface area contributed by atoms with E-state index in [2.05, 4.69) is 24.3 Å². The highest BCUT2D eigenvalue weighted by atomic mass is 15.3. The van der Waals surface area contributed by atoms with Crippen LogP contribution >= 0.6 is 0 Å². The zero-order chi connectivity index (χ0) is 12.7. The van der Waals surface area contributed by atoms with E-state index in [0.717, 1.165) is 41.2 Å². The standard InChI is InChI=1S/C14H22N4/c1-3-11-8(2)16-13(17-14(11)18-15)12-7-9-4-5-10(12)6-9/h9-10,12H,3-7,15H2,1-2H3,(H,16,17,18). The molecule has 3 atom stereocenters. The number of nitrogens with zero attached hydrogens (tertiary/aromatic N) is 2. The number of fused-ring (bicyclic) bond motifs is 2. The maximum Gasteiger partial charge on any atom is 0.147 e. The number of hydrogen-bond acceptors (Lipinski definition) is 4. The van der Waals surface area contributed by atoms with Crippen molar-refractivity contribution in [3.8, 4) is 0 Å². The van der Waals surface area contributed by atoms with Crippen LogP contribution in [0.25, 0.3) is 0 Å². The van der Waals surface area contributed by atoms with Crippen LogP contribution in [0.3, 0.4) is 0 Å². The van der Waals surface area contributed by atoms with Gasteiger partial charge in [0.2, 0.25) is 0 Å². The number of nitrogens with two attached hydrogens (primary N) is 1. The van der Waals surface area contributed by atoms with Crippen molar-refractivity contribution < 1.29 is 0 Å². The molecule has 18 heavy (non-hydrogen) atoms. The van der Waals surface area contributed by atoms with E-state index in [1.807, 2.05) is 0 Å². The monoisotopic (exact) mass is 246 g/mol. The van der Waals surface area contributed by atoms with Crippen LogP contribution < -0.4 is 11.3 Å². The first-order valence-corrected chi connectivity index (χ1v) is 7.07. The second-order valence-electron chi connectivity index (χ2n) is 5.77. The molecule has 0 radical (unpaired) electrons. The third-order valence-corrected chi connectivity index (χ3v) is 4.79. The van der Waals surface area contributed by atoms with Crippen LogP contribution in [0.5, 0.6) is 0 Å². The van der Waals surface area contributed by atoms with Gasteiger partial charge >= 0.3 is 0 Å². The predicted octanol–water partition coefficient (Wildman–Crippen LogP) is 2.54. The fraction of sp³-hybridized carbons (Fsp3) is 0.714. The van der Waals surface area contributed by atoms with Crippen molar-refractivity contribution in [1.82, 2.24) is 9.97 Å². The zero-order valence-corrected chi connectivity index (χ0v) is 11.2. The number of rotatable bonds is 3. The summed E-state index contributed by atoms with van der Waals surface area (Å²) < 4.78 is 0. The lowest BCUT2D eigenvalue weighted by molar-refractivity contribution is 0.405. The average Bonchev–Trinajstić information content (AvgIpc) is 2.99. The van der Waals surface area contributed by atoms with Gasteiger partial charge in [0.15, 0.2) is 0 Å². The Balaban J connectivity index is 1.95. The summed E-state index contributed by atoms with van der Waals surface area (Å²) in [5, 5.41) is 0. The van der Waals surface area contributed by atoms with Crippen molar-refractivity contribution in [2.45, 2.75) is 51.9 Å². The second-order valence-corrected chi connectivity index (χ2v) is 5.77. The summed E-state index contributed by atoms with van der Waals surface area (Å²) in [5.41, 5.74) is 4.97. The van der Waals surface area contributed by atoms with Crippen molar-refractivity contribution in [2.75, 3.05) is 5.43 Å². The van der Waals surface area contributed by atoms with Crippen molar-refractivity contribution in [1.29, 1.82) is 0 Å². The van der Waals surface area contributed by atoms with E-state index >= 15 is 0 Å². The summed E-state index contributed by atoms with van der Waals surface area (Å²) in [6.45, 7) is 4.18. The fourth-order valence-corrected chi connectivity index (χ4v) is 3.89. The molecule has 3 N–H and O–H groups in total. The first-order valence-electron chi connectivity index (χ1n) is 7.07. The topological polar surface area (TPSA) is 63.8 Å². The van der Waals surface area contributed by atoms with Crippen molar-refractivity contribution in [3.63, 3.8) is 0 Å². The maximum atomic E-state index is 5.60. The molecular weight excluding hydrogens is 224 g/mol. The molecule has 3 unspecified atom stereocenters. The summed E-state index contributed by atoms with van der Waals surface area (Å²) in [6.07, 6.45) is 6.35. The number of hydrogen-bond donors (Lipinski definition) is 2. The second kappa shape index (κ2) is 4.50. The fourth-order valence-electron chi connectivity index (χ4n) is 3.89. The molecule has 2 aliphatic carbocycles.